The van der Waals surface area contributed by atoms with E-state index >= 15 is 0 Å². The Balaban J connectivity index is 1.97. The smallest absolute Gasteiger partial charge is 0.242 e. The van der Waals surface area contributed by atoms with E-state index in [0.717, 1.165) is 12.1 Å². The molecule has 1 aromatic carbocycles. The molecule has 0 aromatic heterocycles. The molecule has 23 heavy (non-hydrogen) atoms. The van der Waals surface area contributed by atoms with Crippen molar-refractivity contribution < 1.29 is 18.4 Å². The van der Waals surface area contributed by atoms with Gasteiger partial charge in [-0.15, -0.1) is 0 Å². The van der Waals surface area contributed by atoms with E-state index in [1.807, 2.05) is 6.92 Å². The van der Waals surface area contributed by atoms with E-state index in [2.05, 4.69) is 0 Å². The van der Waals surface area contributed by atoms with E-state index in [1.54, 1.807) is 9.80 Å². The van der Waals surface area contributed by atoms with Crippen molar-refractivity contribution in [2.24, 2.45) is 11.7 Å². The number of nitrogens with two attached hydrogens (primary N) is 1. The number of nitrogens with zero attached hydrogens (tertiary/aromatic N) is 2. The molecule has 0 radical (unpaired) electrons. The van der Waals surface area contributed by atoms with Crippen molar-refractivity contribution in [2.75, 3.05) is 31.1 Å². The van der Waals surface area contributed by atoms with Gasteiger partial charge in [-0.3, -0.25) is 9.59 Å². The van der Waals surface area contributed by atoms with Crippen LogP contribution in [0, 0.1) is 17.6 Å². The number of carbonyl (C=O) groups excluding carboxylic acids is 2. The van der Waals surface area contributed by atoms with Crippen molar-refractivity contribution in [3.63, 3.8) is 0 Å². The minimum Gasteiger partial charge on any atom is -0.369 e. The van der Waals surface area contributed by atoms with Crippen LogP contribution in [0.2, 0.25) is 0 Å². The van der Waals surface area contributed by atoms with Gasteiger partial charge in [0, 0.05) is 37.3 Å². The molecule has 1 aliphatic rings. The molecule has 0 spiro atoms. The third-order valence-electron chi connectivity index (χ3n) is 4.23. The zero-order valence-corrected chi connectivity index (χ0v) is 13.1. The highest BCUT2D eigenvalue weighted by Gasteiger charge is 2.26. The van der Waals surface area contributed by atoms with Gasteiger partial charge in [0.25, 0.3) is 0 Å². The molecule has 2 amide bonds. The second-order valence-electron chi connectivity index (χ2n) is 5.67. The van der Waals surface area contributed by atoms with Gasteiger partial charge in [-0.2, -0.15) is 0 Å². The molecule has 1 fully saturated rings. The summed E-state index contributed by atoms with van der Waals surface area (Å²) in [7, 11) is 0. The SMILES string of the molecule is CCN(CC(=O)N1CCC(C(N)=O)CC1)c1ccc(F)c(F)c1. The molecule has 0 unspecified atom stereocenters. The van der Waals surface area contributed by atoms with Crippen molar-refractivity contribution in [3.8, 4) is 0 Å². The van der Waals surface area contributed by atoms with Gasteiger partial charge in [0.15, 0.2) is 11.6 Å². The predicted molar refractivity (Wildman–Crippen MR) is 82.7 cm³/mol. The maximum absolute atomic E-state index is 13.3. The van der Waals surface area contributed by atoms with Crippen LogP contribution in [0.5, 0.6) is 0 Å². The van der Waals surface area contributed by atoms with Crippen molar-refractivity contribution in [2.45, 2.75) is 19.8 Å². The Morgan fingerprint density at radius 3 is 2.43 bits per heavy atom. The number of likely N-dealkylation sites (N-methyl/N-ethyl adjacent to an activating group) is 1. The number of hydrogen-bond acceptors (Lipinski definition) is 3. The van der Waals surface area contributed by atoms with Gasteiger partial charge in [-0.1, -0.05) is 0 Å². The lowest BCUT2D eigenvalue weighted by Gasteiger charge is -2.33. The Labute approximate surface area is 134 Å². The monoisotopic (exact) mass is 325 g/mol. The number of amides is 2. The van der Waals surface area contributed by atoms with Crippen LogP contribution in [0.25, 0.3) is 0 Å². The zero-order valence-electron chi connectivity index (χ0n) is 13.1. The summed E-state index contributed by atoms with van der Waals surface area (Å²) in [6, 6.07) is 3.59. The molecular formula is C16H21F2N3O2. The fourth-order valence-electron chi connectivity index (χ4n) is 2.74. The highest BCUT2D eigenvalue weighted by molar-refractivity contribution is 5.82. The summed E-state index contributed by atoms with van der Waals surface area (Å²) < 4.78 is 26.4. The number of benzene rings is 1. The molecule has 0 atom stereocenters. The van der Waals surface area contributed by atoms with Gasteiger partial charge >= 0.3 is 0 Å². The summed E-state index contributed by atoms with van der Waals surface area (Å²) in [5, 5.41) is 0. The molecule has 126 valence electrons. The molecule has 1 heterocycles. The van der Waals surface area contributed by atoms with E-state index in [9.17, 15) is 18.4 Å². The first-order chi connectivity index (χ1) is 10.9. The van der Waals surface area contributed by atoms with Crippen LogP contribution >= 0.6 is 0 Å². The normalized spacial score (nSPS) is 15.5. The van der Waals surface area contributed by atoms with Crippen LogP contribution in [0.4, 0.5) is 14.5 Å². The van der Waals surface area contributed by atoms with Crippen molar-refractivity contribution in [3.05, 3.63) is 29.8 Å². The first kappa shape index (κ1) is 17.2. The second-order valence-corrected chi connectivity index (χ2v) is 5.67. The molecule has 2 N–H and O–H groups in total. The molecule has 0 aliphatic carbocycles. The number of anilines is 1. The van der Waals surface area contributed by atoms with Crippen molar-refractivity contribution in [1.82, 2.24) is 4.90 Å². The highest BCUT2D eigenvalue weighted by atomic mass is 19.2. The summed E-state index contributed by atoms with van der Waals surface area (Å²) in [5.41, 5.74) is 5.74. The molecular weight excluding hydrogens is 304 g/mol. The van der Waals surface area contributed by atoms with Crippen LogP contribution in [0.15, 0.2) is 18.2 Å². The number of carbonyl (C=O) groups is 2. The van der Waals surface area contributed by atoms with Crippen LogP contribution < -0.4 is 10.6 Å². The standard InChI is InChI=1S/C16H21F2N3O2/c1-2-20(12-3-4-13(17)14(18)9-12)10-15(22)21-7-5-11(6-8-21)16(19)23/h3-4,9,11H,2,5-8,10H2,1H3,(H2,19,23). The van der Waals surface area contributed by atoms with Gasteiger partial charge in [-0.05, 0) is 31.9 Å². The Hall–Kier alpha value is -2.18. The van der Waals surface area contributed by atoms with Gasteiger partial charge in [0.2, 0.25) is 11.8 Å². The van der Waals surface area contributed by atoms with Crippen LogP contribution in [0.1, 0.15) is 19.8 Å². The van der Waals surface area contributed by atoms with Crippen molar-refractivity contribution >= 4 is 17.5 Å². The third-order valence-corrected chi connectivity index (χ3v) is 4.23. The molecule has 5 nitrogen and oxygen atoms in total. The topological polar surface area (TPSA) is 66.6 Å². The van der Waals surface area contributed by atoms with Gasteiger partial charge in [0.05, 0.1) is 6.54 Å². The van der Waals surface area contributed by atoms with E-state index in [4.69, 9.17) is 5.73 Å². The van der Waals surface area contributed by atoms with Crippen molar-refractivity contribution in [1.29, 1.82) is 0 Å². The molecule has 0 saturated carbocycles. The fraction of sp³-hybridized carbons (Fsp3) is 0.500. The number of halogens is 2. The van der Waals surface area contributed by atoms with Gasteiger partial charge in [-0.25, -0.2) is 8.78 Å². The van der Waals surface area contributed by atoms with Crippen LogP contribution in [-0.2, 0) is 9.59 Å². The molecule has 1 saturated heterocycles. The number of likely N-dealkylation sites (tertiary alicyclic amines) is 1. The third kappa shape index (κ3) is 4.18. The minimum atomic E-state index is -0.935. The van der Waals surface area contributed by atoms with E-state index in [-0.39, 0.29) is 24.3 Å². The van der Waals surface area contributed by atoms with Crippen LogP contribution in [0.3, 0.4) is 0 Å². The molecule has 2 rings (SSSR count). The quantitative estimate of drug-likeness (QED) is 0.892. The van der Waals surface area contributed by atoms with Gasteiger partial charge in [0.1, 0.15) is 0 Å². The van der Waals surface area contributed by atoms with E-state index in [1.165, 1.54) is 6.07 Å². The largest absolute Gasteiger partial charge is 0.369 e. The maximum Gasteiger partial charge on any atom is 0.242 e. The summed E-state index contributed by atoms with van der Waals surface area (Å²) in [6.07, 6.45) is 1.14. The number of rotatable bonds is 5. The first-order valence-electron chi connectivity index (χ1n) is 7.69. The number of primary amides is 1. The lowest BCUT2D eigenvalue weighted by molar-refractivity contribution is -0.133. The molecule has 1 aliphatic heterocycles. The number of hydrogen-bond donors (Lipinski definition) is 1. The Kier molecular flexibility index (Phi) is 5.52. The zero-order chi connectivity index (χ0) is 17.0. The summed E-state index contributed by atoms with van der Waals surface area (Å²) in [6.45, 7) is 3.40. The lowest BCUT2D eigenvalue weighted by Crippen LogP contribution is -2.46. The Bertz CT molecular complexity index is 587. The highest BCUT2D eigenvalue weighted by Crippen LogP contribution is 2.20. The Morgan fingerprint density at radius 2 is 1.91 bits per heavy atom. The summed E-state index contributed by atoms with van der Waals surface area (Å²) in [4.78, 5) is 26.9. The molecule has 1 aromatic rings. The van der Waals surface area contributed by atoms with Crippen LogP contribution in [-0.4, -0.2) is 42.9 Å². The molecule has 0 bridgehead atoms. The average Bonchev–Trinajstić information content (AvgIpc) is 2.55. The predicted octanol–water partition coefficient (Wildman–Crippen LogP) is 1.51. The summed E-state index contributed by atoms with van der Waals surface area (Å²) in [5.74, 6) is -2.44. The van der Waals surface area contributed by atoms with E-state index in [0.29, 0.717) is 38.2 Å². The summed E-state index contributed by atoms with van der Waals surface area (Å²) >= 11 is 0. The number of piperidine rings is 1. The average molecular weight is 325 g/mol. The fourth-order valence-corrected chi connectivity index (χ4v) is 2.74. The first-order valence-corrected chi connectivity index (χ1v) is 7.69. The Morgan fingerprint density at radius 1 is 1.26 bits per heavy atom. The molecule has 7 heteroatoms. The maximum atomic E-state index is 13.3. The lowest BCUT2D eigenvalue weighted by atomic mass is 9.96. The minimum absolute atomic E-state index is 0.0861. The van der Waals surface area contributed by atoms with Gasteiger partial charge < -0.3 is 15.5 Å². The van der Waals surface area contributed by atoms with E-state index < -0.39 is 11.6 Å². The second kappa shape index (κ2) is 7.39.